The lowest BCUT2D eigenvalue weighted by molar-refractivity contribution is -0.127. The molecule has 0 aromatic carbocycles. The van der Waals surface area contributed by atoms with Gasteiger partial charge in [0.2, 0.25) is 0 Å². The Balaban J connectivity index is 2.04. The van der Waals surface area contributed by atoms with Crippen molar-refractivity contribution in [1.82, 2.24) is 0 Å². The molecule has 0 N–H and O–H groups in total. The number of hydrogen-bond donors (Lipinski definition) is 0. The summed E-state index contributed by atoms with van der Waals surface area (Å²) in [6.45, 7) is 4.50. The van der Waals surface area contributed by atoms with E-state index in [-0.39, 0.29) is 11.3 Å². The van der Waals surface area contributed by atoms with Crippen molar-refractivity contribution in [2.75, 3.05) is 0 Å². The Kier molecular flexibility index (Phi) is 4.09. The van der Waals surface area contributed by atoms with Gasteiger partial charge in [0.25, 0.3) is 0 Å². The molecule has 0 bridgehead atoms. The molecule has 1 fully saturated rings. The van der Waals surface area contributed by atoms with Gasteiger partial charge in [0.1, 0.15) is 5.78 Å². The number of halogens is 1. The summed E-state index contributed by atoms with van der Waals surface area (Å²) in [5, 5.41) is 0. The van der Waals surface area contributed by atoms with Crippen LogP contribution in [0.3, 0.4) is 0 Å². The highest BCUT2D eigenvalue weighted by atomic mass is 79.9. The first-order chi connectivity index (χ1) is 7.99. The molecule has 3 heteroatoms. The van der Waals surface area contributed by atoms with E-state index >= 15 is 0 Å². The normalized spacial score (nSPS) is 23.6. The Morgan fingerprint density at radius 3 is 2.82 bits per heavy atom. The molecule has 0 spiro atoms. The lowest BCUT2D eigenvalue weighted by Gasteiger charge is -2.37. The van der Waals surface area contributed by atoms with Gasteiger partial charge < -0.3 is 0 Å². The fraction of sp³-hybridized carbons (Fsp3) is 0.643. The molecule has 1 atom stereocenters. The molecule has 1 aromatic heterocycles. The van der Waals surface area contributed by atoms with Crippen LogP contribution >= 0.6 is 27.3 Å². The van der Waals surface area contributed by atoms with Crippen LogP contribution in [0.1, 0.15) is 44.4 Å². The second-order valence-corrected chi connectivity index (χ2v) is 8.18. The van der Waals surface area contributed by atoms with Crippen molar-refractivity contribution in [2.45, 2.75) is 46.0 Å². The van der Waals surface area contributed by atoms with Gasteiger partial charge in [0.05, 0.1) is 3.79 Å². The molecule has 1 nitrogen and oxygen atoms in total. The molecule has 0 aliphatic heterocycles. The monoisotopic (exact) mass is 314 g/mol. The van der Waals surface area contributed by atoms with Crippen molar-refractivity contribution in [3.63, 3.8) is 0 Å². The third-order valence-electron chi connectivity index (χ3n) is 3.87. The van der Waals surface area contributed by atoms with Crippen LogP contribution in [0.5, 0.6) is 0 Å². The van der Waals surface area contributed by atoms with Gasteiger partial charge in [-0.2, -0.15) is 0 Å². The lowest BCUT2D eigenvalue weighted by Crippen LogP contribution is -2.34. The van der Waals surface area contributed by atoms with E-state index in [0.29, 0.717) is 12.2 Å². The summed E-state index contributed by atoms with van der Waals surface area (Å²) in [5.41, 5.74) is 0.198. The Bertz CT molecular complexity index is 408. The summed E-state index contributed by atoms with van der Waals surface area (Å²) < 4.78 is 1.11. The first-order valence-electron chi connectivity index (χ1n) is 6.26. The average Bonchev–Trinajstić information content (AvgIpc) is 2.63. The zero-order chi connectivity index (χ0) is 12.5. The van der Waals surface area contributed by atoms with Crippen LogP contribution in [0.15, 0.2) is 15.9 Å². The maximum Gasteiger partial charge on any atom is 0.141 e. The molecule has 2 rings (SSSR count). The molecule has 1 aromatic rings. The highest BCUT2D eigenvalue weighted by Crippen LogP contribution is 2.41. The van der Waals surface area contributed by atoms with Gasteiger partial charge in [0.15, 0.2) is 0 Å². The van der Waals surface area contributed by atoms with Crippen LogP contribution in [0.2, 0.25) is 0 Å². The van der Waals surface area contributed by atoms with Gasteiger partial charge >= 0.3 is 0 Å². The summed E-state index contributed by atoms with van der Waals surface area (Å²) in [5.74, 6) is 0.696. The van der Waals surface area contributed by atoms with Crippen molar-refractivity contribution < 1.29 is 4.79 Å². The van der Waals surface area contributed by atoms with Crippen molar-refractivity contribution in [2.24, 2.45) is 11.3 Å². The Morgan fingerprint density at radius 2 is 2.24 bits per heavy atom. The molecule has 0 amide bonds. The molecular formula is C14H19BrOS. The first-order valence-corrected chi connectivity index (χ1v) is 7.87. The lowest BCUT2D eigenvalue weighted by atomic mass is 9.67. The molecule has 1 heterocycles. The van der Waals surface area contributed by atoms with E-state index in [1.165, 1.54) is 24.1 Å². The molecule has 1 unspecified atom stereocenters. The summed E-state index contributed by atoms with van der Waals surface area (Å²) in [6, 6.07) is 4.09. The van der Waals surface area contributed by atoms with Gasteiger partial charge in [-0.3, -0.25) is 4.79 Å². The van der Waals surface area contributed by atoms with E-state index < -0.39 is 0 Å². The maximum absolute atomic E-state index is 12.4. The van der Waals surface area contributed by atoms with E-state index in [4.69, 9.17) is 0 Å². The zero-order valence-corrected chi connectivity index (χ0v) is 12.9. The summed E-state index contributed by atoms with van der Waals surface area (Å²) in [6.07, 6.45) is 5.38. The van der Waals surface area contributed by atoms with Crippen molar-refractivity contribution in [3.8, 4) is 0 Å². The van der Waals surface area contributed by atoms with Gasteiger partial charge in [-0.05, 0) is 46.3 Å². The first kappa shape index (κ1) is 13.3. The maximum atomic E-state index is 12.4. The quantitative estimate of drug-likeness (QED) is 0.780. The van der Waals surface area contributed by atoms with Gasteiger partial charge in [-0.1, -0.05) is 26.7 Å². The SMILES string of the molecule is CC1(C)CCCCC1C(=O)Cc1ccc(Br)s1. The fourth-order valence-electron chi connectivity index (χ4n) is 2.83. The van der Waals surface area contributed by atoms with E-state index in [1.807, 2.05) is 6.07 Å². The summed E-state index contributed by atoms with van der Waals surface area (Å²) in [7, 11) is 0. The van der Waals surface area contributed by atoms with Crippen LogP contribution in [-0.2, 0) is 11.2 Å². The van der Waals surface area contributed by atoms with Crippen molar-refractivity contribution in [3.05, 3.63) is 20.8 Å². The minimum Gasteiger partial charge on any atom is -0.299 e. The minimum absolute atomic E-state index is 0.198. The second kappa shape index (κ2) is 5.23. The molecule has 1 aliphatic carbocycles. The molecule has 1 aliphatic rings. The zero-order valence-electron chi connectivity index (χ0n) is 10.5. The van der Waals surface area contributed by atoms with Crippen LogP contribution in [0.25, 0.3) is 0 Å². The third-order valence-corrected chi connectivity index (χ3v) is 5.50. The Labute approximate surface area is 116 Å². The Hall–Kier alpha value is -0.150. The van der Waals surface area contributed by atoms with Gasteiger partial charge in [0, 0.05) is 17.2 Å². The van der Waals surface area contributed by atoms with Crippen molar-refractivity contribution >= 4 is 33.0 Å². The second-order valence-electron chi connectivity index (χ2n) is 5.64. The van der Waals surface area contributed by atoms with Crippen LogP contribution < -0.4 is 0 Å². The molecule has 17 heavy (non-hydrogen) atoms. The number of ketones is 1. The number of thiophene rings is 1. The predicted octanol–water partition coefficient (Wildman–Crippen LogP) is 4.84. The summed E-state index contributed by atoms with van der Waals surface area (Å²) in [4.78, 5) is 13.6. The number of Topliss-reactive ketones (excluding diaryl/α,β-unsaturated/α-hetero) is 1. The fourth-order valence-corrected chi connectivity index (χ4v) is 4.33. The molecule has 1 saturated carbocycles. The van der Waals surface area contributed by atoms with Crippen LogP contribution in [-0.4, -0.2) is 5.78 Å². The minimum atomic E-state index is 0.198. The topological polar surface area (TPSA) is 17.1 Å². The van der Waals surface area contributed by atoms with Crippen LogP contribution in [0, 0.1) is 11.3 Å². The number of hydrogen-bond acceptors (Lipinski definition) is 2. The Morgan fingerprint density at radius 1 is 1.47 bits per heavy atom. The third kappa shape index (κ3) is 3.19. The molecule has 94 valence electrons. The van der Waals surface area contributed by atoms with Gasteiger partial charge in [-0.15, -0.1) is 11.3 Å². The average molecular weight is 315 g/mol. The van der Waals surface area contributed by atoms with E-state index in [0.717, 1.165) is 10.2 Å². The van der Waals surface area contributed by atoms with Crippen LogP contribution in [0.4, 0.5) is 0 Å². The van der Waals surface area contributed by atoms with E-state index in [9.17, 15) is 4.79 Å². The number of rotatable bonds is 3. The molecule has 0 radical (unpaired) electrons. The van der Waals surface area contributed by atoms with Gasteiger partial charge in [-0.25, -0.2) is 0 Å². The largest absolute Gasteiger partial charge is 0.299 e. The summed E-state index contributed by atoms with van der Waals surface area (Å²) >= 11 is 5.12. The smallest absolute Gasteiger partial charge is 0.141 e. The highest BCUT2D eigenvalue weighted by Gasteiger charge is 2.36. The number of carbonyl (C=O) groups is 1. The predicted molar refractivity (Wildman–Crippen MR) is 76.5 cm³/mol. The molecular weight excluding hydrogens is 296 g/mol. The standard InChI is InChI=1S/C14H19BrOS/c1-14(2)8-4-3-5-11(14)12(16)9-10-6-7-13(15)17-10/h6-7,11H,3-5,8-9H2,1-2H3. The van der Waals surface area contributed by atoms with E-state index in [2.05, 4.69) is 35.8 Å². The van der Waals surface area contributed by atoms with Crippen molar-refractivity contribution in [1.29, 1.82) is 0 Å². The molecule has 0 saturated heterocycles. The highest BCUT2D eigenvalue weighted by molar-refractivity contribution is 9.11. The number of carbonyl (C=O) groups excluding carboxylic acids is 1. The van der Waals surface area contributed by atoms with E-state index in [1.54, 1.807) is 11.3 Å².